The van der Waals surface area contributed by atoms with Gasteiger partial charge in [0, 0.05) is 6.42 Å². The van der Waals surface area contributed by atoms with Crippen molar-refractivity contribution in [3.05, 3.63) is 23.3 Å². The van der Waals surface area contributed by atoms with Gasteiger partial charge in [0.15, 0.2) is 0 Å². The van der Waals surface area contributed by atoms with E-state index in [0.29, 0.717) is 18.9 Å². The Labute approximate surface area is 112 Å². The van der Waals surface area contributed by atoms with Crippen molar-refractivity contribution < 1.29 is 9.53 Å². The molecule has 0 N–H and O–H groups in total. The van der Waals surface area contributed by atoms with Gasteiger partial charge in [-0.2, -0.15) is 0 Å². The van der Waals surface area contributed by atoms with Crippen LogP contribution < -0.4 is 0 Å². The molecule has 0 aliphatic heterocycles. The second-order valence-corrected chi connectivity index (χ2v) is 5.49. The van der Waals surface area contributed by atoms with Crippen LogP contribution in [0.4, 0.5) is 0 Å². The number of hydrogen-bond acceptors (Lipinski definition) is 2. The van der Waals surface area contributed by atoms with Gasteiger partial charge in [-0.15, -0.1) is 0 Å². The van der Waals surface area contributed by atoms with Gasteiger partial charge in [-0.3, -0.25) is 4.79 Å². The molecule has 0 aliphatic carbocycles. The summed E-state index contributed by atoms with van der Waals surface area (Å²) in [4.78, 5) is 11.4. The Morgan fingerprint density at radius 1 is 1.11 bits per heavy atom. The van der Waals surface area contributed by atoms with Crippen molar-refractivity contribution >= 4 is 5.97 Å². The largest absolute Gasteiger partial charge is 0.461 e. The van der Waals surface area contributed by atoms with Crippen molar-refractivity contribution in [3.8, 4) is 0 Å². The zero-order valence-corrected chi connectivity index (χ0v) is 12.6. The van der Waals surface area contributed by atoms with Crippen molar-refractivity contribution in [3.63, 3.8) is 0 Å². The number of rotatable bonds is 8. The highest BCUT2D eigenvalue weighted by molar-refractivity contribution is 5.69. The van der Waals surface area contributed by atoms with E-state index in [4.69, 9.17) is 4.74 Å². The molecule has 0 aliphatic rings. The van der Waals surface area contributed by atoms with E-state index in [9.17, 15) is 4.79 Å². The van der Waals surface area contributed by atoms with Gasteiger partial charge in [0.05, 0.1) is 0 Å². The normalized spacial score (nSPS) is 11.6. The van der Waals surface area contributed by atoms with Crippen LogP contribution in [0.15, 0.2) is 23.3 Å². The molecule has 0 rings (SSSR count). The quantitative estimate of drug-likeness (QED) is 0.464. The molecule has 0 radical (unpaired) electrons. The average Bonchev–Trinajstić information content (AvgIpc) is 2.25. The van der Waals surface area contributed by atoms with Gasteiger partial charge in [-0.1, -0.05) is 31.1 Å². The van der Waals surface area contributed by atoms with E-state index < -0.39 is 0 Å². The Hall–Kier alpha value is -1.05. The lowest BCUT2D eigenvalue weighted by Crippen LogP contribution is -2.06. The summed E-state index contributed by atoms with van der Waals surface area (Å²) in [5.41, 5.74) is 2.63. The molecule has 0 aromatic rings. The van der Waals surface area contributed by atoms with Crippen LogP contribution in [0.2, 0.25) is 0 Å². The Kier molecular flexibility index (Phi) is 9.35. The van der Waals surface area contributed by atoms with Crippen LogP contribution >= 0.6 is 0 Å². The number of hydrogen-bond donors (Lipinski definition) is 0. The highest BCUT2D eigenvalue weighted by atomic mass is 16.5. The topological polar surface area (TPSA) is 26.3 Å². The fourth-order valence-corrected chi connectivity index (χ4v) is 1.45. The number of esters is 1. The molecule has 0 saturated heterocycles. The molecular weight excluding hydrogens is 224 g/mol. The molecule has 0 fully saturated rings. The lowest BCUT2D eigenvalue weighted by Gasteiger charge is -2.05. The van der Waals surface area contributed by atoms with E-state index in [2.05, 4.69) is 40.7 Å². The molecule has 0 aromatic heterocycles. The molecular formula is C16H28O2. The minimum atomic E-state index is -0.0861. The van der Waals surface area contributed by atoms with Crippen LogP contribution in [-0.4, -0.2) is 12.6 Å². The maximum Gasteiger partial charge on any atom is 0.306 e. The van der Waals surface area contributed by atoms with Crippen LogP contribution in [0.25, 0.3) is 0 Å². The SMILES string of the molecule is CC(C)=CCC/C(C)=C\COC(=O)CCC(C)C. The first kappa shape index (κ1) is 16.9. The van der Waals surface area contributed by atoms with Crippen molar-refractivity contribution in [2.75, 3.05) is 6.61 Å². The van der Waals surface area contributed by atoms with Crippen LogP contribution in [0.5, 0.6) is 0 Å². The van der Waals surface area contributed by atoms with Gasteiger partial charge in [0.25, 0.3) is 0 Å². The first-order valence-electron chi connectivity index (χ1n) is 6.86. The van der Waals surface area contributed by atoms with Crippen LogP contribution in [0.3, 0.4) is 0 Å². The van der Waals surface area contributed by atoms with Crippen molar-refractivity contribution in [1.29, 1.82) is 0 Å². The third-order valence-electron chi connectivity index (χ3n) is 2.69. The Balaban J connectivity index is 3.73. The number of carbonyl (C=O) groups excluding carboxylic acids is 1. The first-order chi connectivity index (χ1) is 8.41. The Bertz CT molecular complexity index is 294. The molecule has 0 amide bonds. The summed E-state index contributed by atoms with van der Waals surface area (Å²) in [6, 6.07) is 0. The molecule has 0 unspecified atom stereocenters. The van der Waals surface area contributed by atoms with E-state index in [1.54, 1.807) is 0 Å². The van der Waals surface area contributed by atoms with Crippen molar-refractivity contribution in [1.82, 2.24) is 0 Å². The molecule has 0 heterocycles. The standard InChI is InChI=1S/C16H28O2/c1-13(2)7-6-8-15(5)11-12-18-16(17)10-9-14(3)4/h7,11,14H,6,8-10,12H2,1-5H3/b15-11-. The maximum absolute atomic E-state index is 11.4. The third kappa shape index (κ3) is 11.4. The van der Waals surface area contributed by atoms with Crippen LogP contribution in [0.1, 0.15) is 60.3 Å². The van der Waals surface area contributed by atoms with Crippen LogP contribution in [0, 0.1) is 5.92 Å². The summed E-state index contributed by atoms with van der Waals surface area (Å²) >= 11 is 0. The van der Waals surface area contributed by atoms with E-state index in [1.165, 1.54) is 11.1 Å². The number of ether oxygens (including phenoxy) is 1. The summed E-state index contributed by atoms with van der Waals surface area (Å²) in [7, 11) is 0. The van der Waals surface area contributed by atoms with Gasteiger partial charge in [0.2, 0.25) is 0 Å². The van der Waals surface area contributed by atoms with Crippen molar-refractivity contribution in [2.45, 2.75) is 60.3 Å². The Morgan fingerprint density at radius 2 is 1.78 bits per heavy atom. The summed E-state index contributed by atoms with van der Waals surface area (Å²) < 4.78 is 5.16. The van der Waals surface area contributed by atoms with Crippen molar-refractivity contribution in [2.24, 2.45) is 5.92 Å². The molecule has 104 valence electrons. The number of allylic oxidation sites excluding steroid dienone is 3. The highest BCUT2D eigenvalue weighted by Gasteiger charge is 2.03. The number of carbonyl (C=O) groups is 1. The van der Waals surface area contributed by atoms with Crippen LogP contribution in [-0.2, 0) is 9.53 Å². The minimum absolute atomic E-state index is 0.0861. The molecule has 0 aromatic carbocycles. The smallest absolute Gasteiger partial charge is 0.306 e. The lowest BCUT2D eigenvalue weighted by molar-refractivity contribution is -0.142. The maximum atomic E-state index is 11.4. The molecule has 18 heavy (non-hydrogen) atoms. The fourth-order valence-electron chi connectivity index (χ4n) is 1.45. The van der Waals surface area contributed by atoms with Gasteiger partial charge >= 0.3 is 5.97 Å². The summed E-state index contributed by atoms with van der Waals surface area (Å²) in [6.07, 6.45) is 7.77. The third-order valence-corrected chi connectivity index (χ3v) is 2.69. The van der Waals surface area contributed by atoms with Gasteiger partial charge in [-0.25, -0.2) is 0 Å². The predicted octanol–water partition coefficient (Wildman–Crippen LogP) is 4.66. The van der Waals surface area contributed by atoms with E-state index >= 15 is 0 Å². The second kappa shape index (κ2) is 9.93. The first-order valence-corrected chi connectivity index (χ1v) is 6.86. The predicted molar refractivity (Wildman–Crippen MR) is 77.5 cm³/mol. The molecule has 0 atom stereocenters. The van der Waals surface area contributed by atoms with E-state index in [1.807, 2.05) is 6.08 Å². The molecule has 0 saturated carbocycles. The van der Waals surface area contributed by atoms with E-state index in [-0.39, 0.29) is 5.97 Å². The zero-order chi connectivity index (χ0) is 14.0. The van der Waals surface area contributed by atoms with E-state index in [0.717, 1.165) is 19.3 Å². The second-order valence-electron chi connectivity index (χ2n) is 5.49. The summed E-state index contributed by atoms with van der Waals surface area (Å²) in [5, 5.41) is 0. The molecule has 2 nitrogen and oxygen atoms in total. The summed E-state index contributed by atoms with van der Waals surface area (Å²) in [5.74, 6) is 0.468. The average molecular weight is 252 g/mol. The minimum Gasteiger partial charge on any atom is -0.461 e. The van der Waals surface area contributed by atoms with Gasteiger partial charge < -0.3 is 4.74 Å². The van der Waals surface area contributed by atoms with Gasteiger partial charge in [0.1, 0.15) is 6.61 Å². The summed E-state index contributed by atoms with van der Waals surface area (Å²) in [6.45, 7) is 10.9. The fraction of sp³-hybridized carbons (Fsp3) is 0.688. The molecule has 2 heteroatoms. The molecule has 0 spiro atoms. The Morgan fingerprint density at radius 3 is 2.33 bits per heavy atom. The van der Waals surface area contributed by atoms with Gasteiger partial charge in [-0.05, 0) is 52.0 Å². The monoisotopic (exact) mass is 252 g/mol. The zero-order valence-electron chi connectivity index (χ0n) is 12.6. The highest BCUT2D eigenvalue weighted by Crippen LogP contribution is 2.07. The lowest BCUT2D eigenvalue weighted by atomic mass is 10.1. The molecule has 0 bridgehead atoms.